The number of phenolic OH excluding ortho intramolecular Hbond substituents is 1. The maximum Gasteiger partial charge on any atom is 0.342 e. The number of hydrogen-bond donors (Lipinski definition) is 2. The number of aromatic hydroxyl groups is 1. The summed E-state index contributed by atoms with van der Waals surface area (Å²) in [6.07, 6.45) is 0. The Kier molecular flexibility index (Phi) is 7.62. The van der Waals surface area contributed by atoms with Gasteiger partial charge < -0.3 is 19.9 Å². The number of hydrogen-bond acceptors (Lipinski definition) is 6. The van der Waals surface area contributed by atoms with E-state index in [9.17, 15) is 14.7 Å². The number of rotatable bonds is 8. The summed E-state index contributed by atoms with van der Waals surface area (Å²) < 4.78 is 9.84. The van der Waals surface area contributed by atoms with Gasteiger partial charge in [0.05, 0.1) is 7.11 Å². The molecule has 0 radical (unpaired) electrons. The number of halogens is 1. The normalized spacial score (nSPS) is 10.2. The van der Waals surface area contributed by atoms with Gasteiger partial charge in [-0.1, -0.05) is 11.6 Å². The lowest BCUT2D eigenvalue weighted by Crippen LogP contribution is -2.30. The first-order valence-corrected chi connectivity index (χ1v) is 9.05. The van der Waals surface area contributed by atoms with Crippen molar-refractivity contribution in [3.05, 3.63) is 53.1 Å². The third-order valence-electron chi connectivity index (χ3n) is 3.27. The Morgan fingerprint density at radius 1 is 1.19 bits per heavy atom. The van der Waals surface area contributed by atoms with Crippen LogP contribution in [0.5, 0.6) is 11.5 Å². The molecular weight excluding hydrogens is 378 g/mol. The van der Waals surface area contributed by atoms with Crippen LogP contribution in [-0.4, -0.2) is 43.0 Å². The van der Waals surface area contributed by atoms with Crippen molar-refractivity contribution in [1.82, 2.24) is 5.32 Å². The zero-order chi connectivity index (χ0) is 18.9. The van der Waals surface area contributed by atoms with E-state index in [2.05, 4.69) is 5.32 Å². The van der Waals surface area contributed by atoms with Crippen molar-refractivity contribution in [1.29, 1.82) is 0 Å². The Morgan fingerprint density at radius 3 is 2.58 bits per heavy atom. The molecule has 8 heteroatoms. The fraction of sp³-hybridized carbons (Fsp3) is 0.222. The van der Waals surface area contributed by atoms with Gasteiger partial charge in [-0.3, -0.25) is 4.79 Å². The summed E-state index contributed by atoms with van der Waals surface area (Å²) in [5.41, 5.74) is -0.0307. The van der Waals surface area contributed by atoms with E-state index in [1.54, 1.807) is 23.9 Å². The van der Waals surface area contributed by atoms with Gasteiger partial charge in [0, 0.05) is 28.3 Å². The molecule has 0 bridgehead atoms. The van der Waals surface area contributed by atoms with Gasteiger partial charge >= 0.3 is 5.97 Å². The fourth-order valence-corrected chi connectivity index (χ4v) is 2.86. The lowest BCUT2D eigenvalue weighted by molar-refractivity contribution is -0.124. The van der Waals surface area contributed by atoms with Crippen LogP contribution in [0.1, 0.15) is 10.4 Å². The molecule has 0 saturated heterocycles. The molecule has 1 amide bonds. The molecule has 2 aromatic rings. The average Bonchev–Trinajstić information content (AvgIpc) is 2.64. The number of amides is 1. The summed E-state index contributed by atoms with van der Waals surface area (Å²) >= 11 is 7.39. The largest absolute Gasteiger partial charge is 0.507 e. The molecule has 0 atom stereocenters. The average molecular weight is 396 g/mol. The van der Waals surface area contributed by atoms with Crippen molar-refractivity contribution >= 4 is 35.2 Å². The summed E-state index contributed by atoms with van der Waals surface area (Å²) in [6.45, 7) is 0.00732. The highest BCUT2D eigenvalue weighted by molar-refractivity contribution is 7.99. The van der Waals surface area contributed by atoms with Gasteiger partial charge in [-0.15, -0.1) is 11.8 Å². The number of nitrogens with one attached hydrogen (secondary N) is 1. The van der Waals surface area contributed by atoms with Gasteiger partial charge in [0.2, 0.25) is 0 Å². The van der Waals surface area contributed by atoms with Crippen LogP contribution >= 0.6 is 23.4 Å². The van der Waals surface area contributed by atoms with Crippen LogP contribution in [0, 0.1) is 0 Å². The highest BCUT2D eigenvalue weighted by Crippen LogP contribution is 2.24. The molecule has 2 aromatic carbocycles. The first-order valence-electron chi connectivity index (χ1n) is 7.69. The van der Waals surface area contributed by atoms with E-state index >= 15 is 0 Å². The van der Waals surface area contributed by atoms with E-state index < -0.39 is 18.5 Å². The summed E-state index contributed by atoms with van der Waals surface area (Å²) in [7, 11) is 1.45. The van der Waals surface area contributed by atoms with Gasteiger partial charge in [-0.2, -0.15) is 0 Å². The number of methoxy groups -OCH3 is 1. The lowest BCUT2D eigenvalue weighted by atomic mass is 10.2. The molecule has 0 heterocycles. The van der Waals surface area contributed by atoms with E-state index in [0.29, 0.717) is 23.1 Å². The molecule has 2 rings (SSSR count). The van der Waals surface area contributed by atoms with Crippen molar-refractivity contribution in [3.8, 4) is 11.5 Å². The van der Waals surface area contributed by atoms with E-state index in [0.717, 1.165) is 4.90 Å². The van der Waals surface area contributed by atoms with Gasteiger partial charge in [0.15, 0.2) is 6.61 Å². The Morgan fingerprint density at radius 2 is 1.92 bits per heavy atom. The molecule has 0 spiro atoms. The molecule has 0 aliphatic rings. The number of esters is 1. The number of ether oxygens (including phenoxy) is 2. The molecule has 0 saturated carbocycles. The Hall–Kier alpha value is -2.38. The quantitative estimate of drug-likeness (QED) is 0.406. The minimum atomic E-state index is -0.782. The molecule has 0 fully saturated rings. The summed E-state index contributed by atoms with van der Waals surface area (Å²) in [5, 5.41) is 13.1. The summed E-state index contributed by atoms with van der Waals surface area (Å²) in [6, 6.07) is 11.6. The first-order chi connectivity index (χ1) is 12.5. The minimum Gasteiger partial charge on any atom is -0.507 e. The number of thioether (sulfide) groups is 1. The predicted molar refractivity (Wildman–Crippen MR) is 100 cm³/mol. The molecule has 0 unspecified atom stereocenters. The Bertz CT molecular complexity index is 767. The van der Waals surface area contributed by atoms with Crippen LogP contribution in [-0.2, 0) is 9.53 Å². The minimum absolute atomic E-state index is 0.0307. The highest BCUT2D eigenvalue weighted by Gasteiger charge is 2.15. The maximum atomic E-state index is 11.9. The molecule has 0 aliphatic carbocycles. The summed E-state index contributed by atoms with van der Waals surface area (Å²) in [5.74, 6) is -0.386. The number of benzene rings is 2. The monoisotopic (exact) mass is 395 g/mol. The van der Waals surface area contributed by atoms with Gasteiger partial charge in [-0.05, 0) is 36.4 Å². The smallest absolute Gasteiger partial charge is 0.342 e. The van der Waals surface area contributed by atoms with Crippen LogP contribution in [0.4, 0.5) is 0 Å². The lowest BCUT2D eigenvalue weighted by Gasteiger charge is -2.08. The van der Waals surface area contributed by atoms with Crippen molar-refractivity contribution in [2.24, 2.45) is 0 Å². The molecule has 26 heavy (non-hydrogen) atoms. The number of carbonyl (C=O) groups excluding carboxylic acids is 2. The van der Waals surface area contributed by atoms with Crippen LogP contribution in [0.25, 0.3) is 0 Å². The van der Waals surface area contributed by atoms with Crippen molar-refractivity contribution < 1.29 is 24.2 Å². The second kappa shape index (κ2) is 9.94. The highest BCUT2D eigenvalue weighted by atomic mass is 35.5. The topological polar surface area (TPSA) is 84.9 Å². The third-order valence-corrected chi connectivity index (χ3v) is 4.53. The molecule has 0 aliphatic heterocycles. The molecular formula is C18H18ClNO5S. The van der Waals surface area contributed by atoms with Gasteiger partial charge in [-0.25, -0.2) is 4.79 Å². The Labute approximate surface area is 160 Å². The molecule has 2 N–H and O–H groups in total. The predicted octanol–water partition coefficient (Wildman–Crippen LogP) is 3.12. The first kappa shape index (κ1) is 19.9. The van der Waals surface area contributed by atoms with E-state index in [1.165, 1.54) is 25.3 Å². The second-order valence-corrected chi connectivity index (χ2v) is 6.72. The molecule has 6 nitrogen and oxygen atoms in total. The molecule has 0 aromatic heterocycles. The van der Waals surface area contributed by atoms with E-state index in [-0.39, 0.29) is 11.3 Å². The second-order valence-electron chi connectivity index (χ2n) is 5.11. The SMILES string of the molecule is COc1ccc(C(=O)OCC(=O)NCCSc2ccc(Cl)cc2)c(O)c1. The van der Waals surface area contributed by atoms with Gasteiger partial charge in [0.1, 0.15) is 17.1 Å². The van der Waals surface area contributed by atoms with Crippen molar-refractivity contribution in [3.63, 3.8) is 0 Å². The molecule has 138 valence electrons. The number of carbonyl (C=O) groups is 2. The van der Waals surface area contributed by atoms with Crippen LogP contribution in [0.2, 0.25) is 5.02 Å². The zero-order valence-electron chi connectivity index (χ0n) is 14.0. The summed E-state index contributed by atoms with van der Waals surface area (Å²) in [4.78, 5) is 24.7. The standard InChI is InChI=1S/C18H18ClNO5S/c1-24-13-4-7-15(16(21)10-13)18(23)25-11-17(22)20-8-9-26-14-5-2-12(19)3-6-14/h2-7,10,21H,8-9,11H2,1H3,(H,20,22). The number of phenols is 1. The van der Waals surface area contributed by atoms with Crippen molar-refractivity contribution in [2.75, 3.05) is 26.0 Å². The van der Waals surface area contributed by atoms with Crippen LogP contribution in [0.3, 0.4) is 0 Å². The zero-order valence-corrected chi connectivity index (χ0v) is 15.6. The van der Waals surface area contributed by atoms with E-state index in [1.807, 2.05) is 12.1 Å². The van der Waals surface area contributed by atoms with Crippen LogP contribution in [0.15, 0.2) is 47.4 Å². The van der Waals surface area contributed by atoms with Crippen molar-refractivity contribution in [2.45, 2.75) is 4.90 Å². The van der Waals surface area contributed by atoms with Gasteiger partial charge in [0.25, 0.3) is 5.91 Å². The van der Waals surface area contributed by atoms with E-state index in [4.69, 9.17) is 21.1 Å². The fourth-order valence-electron chi connectivity index (χ4n) is 1.96. The Balaban J connectivity index is 1.69. The third kappa shape index (κ3) is 6.16. The van der Waals surface area contributed by atoms with Crippen LogP contribution < -0.4 is 10.1 Å². The maximum absolute atomic E-state index is 11.9.